The molecule has 0 amide bonds. The molecule has 1 radical (unpaired) electrons. The standard InChI is InChI=1S/C5H10NOS/c7-4-5-3-6-1-2-8-5/h5,7H,1-4H2. The van der Waals surface area contributed by atoms with Gasteiger partial charge < -0.3 is 5.11 Å². The molecule has 0 aromatic rings. The zero-order valence-corrected chi connectivity index (χ0v) is 5.52. The van der Waals surface area contributed by atoms with Crippen LogP contribution in [0.3, 0.4) is 0 Å². The van der Waals surface area contributed by atoms with Crippen molar-refractivity contribution in [3.63, 3.8) is 0 Å². The van der Waals surface area contributed by atoms with Gasteiger partial charge in [0.15, 0.2) is 0 Å². The largest absolute Gasteiger partial charge is 0.395 e. The zero-order chi connectivity index (χ0) is 5.82. The number of aliphatic hydroxyl groups excluding tert-OH is 1. The minimum absolute atomic E-state index is 0.286. The van der Waals surface area contributed by atoms with Gasteiger partial charge in [0.2, 0.25) is 0 Å². The van der Waals surface area contributed by atoms with Gasteiger partial charge in [-0.1, -0.05) is 0 Å². The third kappa shape index (κ3) is 1.65. The normalized spacial score (nSPS) is 30.4. The average Bonchev–Trinajstić information content (AvgIpc) is 1.90. The topological polar surface area (TPSA) is 34.3 Å². The zero-order valence-electron chi connectivity index (χ0n) is 4.71. The van der Waals surface area contributed by atoms with Crippen molar-refractivity contribution in [1.82, 2.24) is 5.32 Å². The summed E-state index contributed by atoms with van der Waals surface area (Å²) in [5, 5.41) is 13.2. The third-order valence-corrected chi connectivity index (χ3v) is 2.33. The number of rotatable bonds is 1. The lowest BCUT2D eigenvalue weighted by Gasteiger charge is -2.17. The van der Waals surface area contributed by atoms with E-state index in [1.54, 1.807) is 0 Å². The number of hydrogen-bond acceptors (Lipinski definition) is 2. The van der Waals surface area contributed by atoms with Crippen LogP contribution < -0.4 is 5.32 Å². The third-order valence-electron chi connectivity index (χ3n) is 1.14. The first kappa shape index (κ1) is 6.39. The van der Waals surface area contributed by atoms with Crippen molar-refractivity contribution in [2.24, 2.45) is 0 Å². The van der Waals surface area contributed by atoms with Crippen LogP contribution in [0.15, 0.2) is 0 Å². The van der Waals surface area contributed by atoms with Crippen LogP contribution in [0.25, 0.3) is 0 Å². The molecule has 1 saturated heterocycles. The minimum atomic E-state index is 0.286. The summed E-state index contributed by atoms with van der Waals surface area (Å²) in [4.78, 5) is 0. The lowest BCUT2D eigenvalue weighted by atomic mass is 10.4. The maximum Gasteiger partial charge on any atom is 0.0563 e. The second kappa shape index (κ2) is 3.33. The Kier molecular flexibility index (Phi) is 2.66. The molecule has 0 saturated carbocycles. The van der Waals surface area contributed by atoms with E-state index in [-0.39, 0.29) is 6.61 Å². The molecule has 8 heavy (non-hydrogen) atoms. The van der Waals surface area contributed by atoms with Gasteiger partial charge in [0.25, 0.3) is 0 Å². The summed E-state index contributed by atoms with van der Waals surface area (Å²) in [6.45, 7) is 2.11. The highest BCUT2D eigenvalue weighted by Crippen LogP contribution is 2.12. The van der Waals surface area contributed by atoms with Crippen molar-refractivity contribution in [2.75, 3.05) is 25.4 Å². The van der Waals surface area contributed by atoms with Crippen molar-refractivity contribution < 1.29 is 5.11 Å². The van der Waals surface area contributed by atoms with E-state index in [0.717, 1.165) is 18.8 Å². The molecule has 0 aliphatic carbocycles. The number of nitrogens with zero attached hydrogens (tertiary/aromatic N) is 1. The first-order valence-corrected chi connectivity index (χ1v) is 3.84. The molecule has 1 unspecified atom stereocenters. The van der Waals surface area contributed by atoms with Crippen molar-refractivity contribution in [1.29, 1.82) is 0 Å². The molecule has 1 heterocycles. The van der Waals surface area contributed by atoms with E-state index in [0.29, 0.717) is 5.25 Å². The van der Waals surface area contributed by atoms with Crippen molar-refractivity contribution >= 4 is 11.8 Å². The van der Waals surface area contributed by atoms with Gasteiger partial charge in [0.05, 0.1) is 6.61 Å². The van der Waals surface area contributed by atoms with Gasteiger partial charge in [0.1, 0.15) is 0 Å². The molecule has 2 nitrogen and oxygen atoms in total. The monoisotopic (exact) mass is 132 g/mol. The predicted octanol–water partition coefficient (Wildman–Crippen LogP) is -0.302. The molecule has 1 fully saturated rings. The fourth-order valence-electron chi connectivity index (χ4n) is 0.682. The Labute approximate surface area is 53.7 Å². The van der Waals surface area contributed by atoms with Crippen LogP contribution in [0.2, 0.25) is 0 Å². The molecular weight excluding hydrogens is 122 g/mol. The number of aliphatic hydroxyl groups is 1. The highest BCUT2D eigenvalue weighted by atomic mass is 32.2. The molecule has 3 heteroatoms. The van der Waals surface area contributed by atoms with Crippen molar-refractivity contribution in [2.45, 2.75) is 5.25 Å². The molecular formula is C5H10NOS. The van der Waals surface area contributed by atoms with E-state index in [9.17, 15) is 0 Å². The molecule has 1 atom stereocenters. The molecule has 1 aliphatic rings. The summed E-state index contributed by atoms with van der Waals surface area (Å²) in [6.07, 6.45) is 0. The Morgan fingerprint density at radius 2 is 2.62 bits per heavy atom. The lowest BCUT2D eigenvalue weighted by molar-refractivity contribution is 0.290. The van der Waals surface area contributed by atoms with E-state index in [2.05, 4.69) is 5.32 Å². The summed E-state index contributed by atoms with van der Waals surface area (Å²) >= 11 is 1.82. The second-order valence-corrected chi connectivity index (χ2v) is 3.21. The Morgan fingerprint density at radius 3 is 3.00 bits per heavy atom. The van der Waals surface area contributed by atoms with Crippen molar-refractivity contribution in [3.8, 4) is 0 Å². The van der Waals surface area contributed by atoms with Crippen molar-refractivity contribution in [3.05, 3.63) is 0 Å². The molecule has 0 aromatic heterocycles. The van der Waals surface area contributed by atoms with Gasteiger partial charge in [0, 0.05) is 24.1 Å². The smallest absolute Gasteiger partial charge is 0.0563 e. The van der Waals surface area contributed by atoms with Gasteiger partial charge in [-0.15, -0.1) is 0 Å². The summed E-state index contributed by atoms with van der Waals surface area (Å²) < 4.78 is 0. The first-order valence-electron chi connectivity index (χ1n) is 2.79. The van der Waals surface area contributed by atoms with Gasteiger partial charge in [-0.2, -0.15) is 11.8 Å². The number of thioether (sulfide) groups is 1. The fraction of sp³-hybridized carbons (Fsp3) is 1.00. The van der Waals surface area contributed by atoms with Gasteiger partial charge in [-0.3, -0.25) is 0 Å². The Bertz CT molecular complexity index is 63.4. The molecule has 0 bridgehead atoms. The number of hydrogen-bond donors (Lipinski definition) is 1. The fourth-order valence-corrected chi connectivity index (χ4v) is 1.57. The molecule has 1 aliphatic heterocycles. The van der Waals surface area contributed by atoms with Crippen LogP contribution in [0, 0.1) is 0 Å². The quantitative estimate of drug-likeness (QED) is 0.531. The Hall–Kier alpha value is 0.270. The summed E-state index contributed by atoms with van der Waals surface area (Å²) in [7, 11) is 0. The summed E-state index contributed by atoms with van der Waals surface area (Å²) in [6, 6.07) is 0. The van der Waals surface area contributed by atoms with E-state index in [1.807, 2.05) is 11.8 Å². The van der Waals surface area contributed by atoms with E-state index < -0.39 is 0 Å². The molecule has 0 aromatic carbocycles. The maximum atomic E-state index is 8.61. The van der Waals surface area contributed by atoms with Crippen LogP contribution >= 0.6 is 11.8 Å². The van der Waals surface area contributed by atoms with Crippen LogP contribution in [0.5, 0.6) is 0 Å². The molecule has 1 N–H and O–H groups in total. The van der Waals surface area contributed by atoms with Gasteiger partial charge >= 0.3 is 0 Å². The molecule has 1 rings (SSSR count). The van der Waals surface area contributed by atoms with E-state index in [4.69, 9.17) is 5.11 Å². The van der Waals surface area contributed by atoms with Crippen LogP contribution in [0.1, 0.15) is 0 Å². The van der Waals surface area contributed by atoms with Gasteiger partial charge in [-0.05, 0) is 0 Å². The SMILES string of the molecule is OCC1C[N]CCS1. The van der Waals surface area contributed by atoms with Gasteiger partial charge in [-0.25, -0.2) is 5.32 Å². The lowest BCUT2D eigenvalue weighted by Crippen LogP contribution is -2.29. The van der Waals surface area contributed by atoms with Crippen LogP contribution in [-0.2, 0) is 0 Å². The minimum Gasteiger partial charge on any atom is -0.395 e. The van der Waals surface area contributed by atoms with E-state index >= 15 is 0 Å². The molecule has 0 spiro atoms. The van der Waals surface area contributed by atoms with E-state index in [1.165, 1.54) is 0 Å². The second-order valence-electron chi connectivity index (χ2n) is 1.81. The Morgan fingerprint density at radius 1 is 1.75 bits per heavy atom. The Balaban J connectivity index is 2.13. The molecule has 47 valence electrons. The average molecular weight is 132 g/mol. The van der Waals surface area contributed by atoms with Crippen LogP contribution in [-0.4, -0.2) is 35.8 Å². The summed E-state index contributed by atoms with van der Waals surface area (Å²) in [5.41, 5.74) is 0. The highest BCUT2D eigenvalue weighted by molar-refractivity contribution is 8.00. The first-order chi connectivity index (χ1) is 3.93. The predicted molar refractivity (Wildman–Crippen MR) is 35.2 cm³/mol. The van der Waals surface area contributed by atoms with Crippen LogP contribution in [0.4, 0.5) is 0 Å². The maximum absolute atomic E-state index is 8.61. The highest BCUT2D eigenvalue weighted by Gasteiger charge is 2.11. The summed E-state index contributed by atoms with van der Waals surface area (Å²) in [5.74, 6) is 1.09.